The van der Waals surface area contributed by atoms with E-state index in [4.69, 9.17) is 11.6 Å². The molecule has 7 heteroatoms. The highest BCUT2D eigenvalue weighted by Crippen LogP contribution is 2.30. The van der Waals surface area contributed by atoms with Gasteiger partial charge in [0.25, 0.3) is 11.7 Å². The Kier molecular flexibility index (Phi) is 4.88. The number of H-pyrrole nitrogens is 1. The lowest BCUT2D eigenvalue weighted by molar-refractivity contribution is -0.124. The third-order valence-electron chi connectivity index (χ3n) is 5.19. The molecule has 6 nitrogen and oxygen atoms in total. The molecule has 2 amide bonds. The lowest BCUT2D eigenvalue weighted by atomic mass is 10.1. The minimum Gasteiger partial charge on any atom is -0.360 e. The quantitative estimate of drug-likeness (QED) is 0.510. The number of hydrogen-bond acceptors (Lipinski definition) is 3. The second-order valence-corrected chi connectivity index (χ2v) is 7.75. The average molecular weight is 410 g/mol. The van der Waals surface area contributed by atoms with Crippen LogP contribution in [0, 0.1) is 13.8 Å². The van der Waals surface area contributed by atoms with Crippen molar-refractivity contribution in [3.63, 3.8) is 0 Å². The number of fused-ring (bicyclic) bond motifs is 1. The molecule has 0 aliphatic carbocycles. The highest BCUT2D eigenvalue weighted by atomic mass is 35.5. The Morgan fingerprint density at radius 3 is 2.62 bits per heavy atom. The molecular formula is C22H20ClN3O3. The molecule has 1 fully saturated rings. The van der Waals surface area contributed by atoms with Gasteiger partial charge in [0.1, 0.15) is 6.04 Å². The Hall–Kier alpha value is -3.12. The van der Waals surface area contributed by atoms with Crippen molar-refractivity contribution >= 4 is 45.8 Å². The summed E-state index contributed by atoms with van der Waals surface area (Å²) >= 11 is 6.28. The van der Waals surface area contributed by atoms with Gasteiger partial charge >= 0.3 is 0 Å². The first-order valence-electron chi connectivity index (χ1n) is 9.35. The molecule has 1 unspecified atom stereocenters. The minimum atomic E-state index is -0.789. The summed E-state index contributed by atoms with van der Waals surface area (Å²) in [6, 6.07) is 10.4. The van der Waals surface area contributed by atoms with Gasteiger partial charge in [0.05, 0.1) is 16.3 Å². The minimum absolute atomic E-state index is 0.272. The number of halogens is 1. The second kappa shape index (κ2) is 7.37. The zero-order chi connectivity index (χ0) is 20.7. The van der Waals surface area contributed by atoms with E-state index in [-0.39, 0.29) is 5.91 Å². The van der Waals surface area contributed by atoms with E-state index in [1.807, 2.05) is 38.1 Å². The summed E-state index contributed by atoms with van der Waals surface area (Å²) in [5, 5.41) is 3.76. The molecule has 1 aromatic heterocycles. The fraction of sp³-hybridized carbons (Fsp3) is 0.227. The highest BCUT2D eigenvalue weighted by molar-refractivity contribution is 6.45. The number of ketones is 1. The highest BCUT2D eigenvalue weighted by Gasteiger charge is 2.36. The van der Waals surface area contributed by atoms with Crippen LogP contribution < -0.4 is 10.2 Å². The van der Waals surface area contributed by atoms with Crippen molar-refractivity contribution in [2.75, 3.05) is 11.4 Å². The van der Waals surface area contributed by atoms with Gasteiger partial charge in [0.15, 0.2) is 0 Å². The molecule has 2 aromatic carbocycles. The molecule has 4 rings (SSSR count). The van der Waals surface area contributed by atoms with E-state index in [1.54, 1.807) is 17.0 Å². The van der Waals surface area contributed by atoms with E-state index in [2.05, 4.69) is 10.3 Å². The maximum atomic E-state index is 12.8. The molecule has 29 heavy (non-hydrogen) atoms. The summed E-state index contributed by atoms with van der Waals surface area (Å²) in [7, 11) is 0. The van der Waals surface area contributed by atoms with Crippen molar-refractivity contribution in [2.24, 2.45) is 0 Å². The monoisotopic (exact) mass is 409 g/mol. The fourth-order valence-electron chi connectivity index (χ4n) is 3.65. The molecule has 1 saturated heterocycles. The van der Waals surface area contributed by atoms with Gasteiger partial charge in [0.2, 0.25) is 5.91 Å². The smallest absolute Gasteiger partial charge is 0.293 e. The normalized spacial score (nSPS) is 16.4. The van der Waals surface area contributed by atoms with Gasteiger partial charge in [-0.25, -0.2) is 0 Å². The Morgan fingerprint density at radius 2 is 1.86 bits per heavy atom. The molecule has 148 valence electrons. The van der Waals surface area contributed by atoms with Crippen LogP contribution >= 0.6 is 11.6 Å². The van der Waals surface area contributed by atoms with Gasteiger partial charge < -0.3 is 15.2 Å². The van der Waals surface area contributed by atoms with Crippen molar-refractivity contribution in [3.05, 3.63) is 64.3 Å². The number of aromatic amines is 1. The third kappa shape index (κ3) is 3.51. The molecule has 0 saturated carbocycles. The van der Waals surface area contributed by atoms with Crippen LogP contribution in [0.2, 0.25) is 5.02 Å². The van der Waals surface area contributed by atoms with Crippen LogP contribution in [0.25, 0.3) is 10.9 Å². The Morgan fingerprint density at radius 1 is 1.14 bits per heavy atom. The summed E-state index contributed by atoms with van der Waals surface area (Å²) in [4.78, 5) is 42.6. The van der Waals surface area contributed by atoms with Crippen LogP contribution in [0.5, 0.6) is 0 Å². The Bertz CT molecular complexity index is 1150. The van der Waals surface area contributed by atoms with E-state index in [9.17, 15) is 14.4 Å². The topological polar surface area (TPSA) is 82.3 Å². The predicted octanol–water partition coefficient (Wildman–Crippen LogP) is 3.54. The molecule has 1 atom stereocenters. The summed E-state index contributed by atoms with van der Waals surface area (Å²) in [5.41, 5.74) is 3.67. The number of carbonyl (C=O) groups is 3. The van der Waals surface area contributed by atoms with Crippen LogP contribution in [0.15, 0.2) is 42.6 Å². The van der Waals surface area contributed by atoms with Gasteiger partial charge in [0, 0.05) is 23.6 Å². The number of aryl methyl sites for hydroxylation is 2. The van der Waals surface area contributed by atoms with Crippen molar-refractivity contribution < 1.29 is 14.4 Å². The molecule has 2 N–H and O–H groups in total. The van der Waals surface area contributed by atoms with E-state index in [0.29, 0.717) is 34.6 Å². The maximum Gasteiger partial charge on any atom is 0.293 e. The number of benzene rings is 2. The van der Waals surface area contributed by atoms with Gasteiger partial charge in [-0.2, -0.15) is 0 Å². The Labute approximate surface area is 172 Å². The van der Waals surface area contributed by atoms with Crippen molar-refractivity contribution in [2.45, 2.75) is 26.3 Å². The number of nitrogens with zero attached hydrogens (tertiary/aromatic N) is 1. The number of nitrogens with one attached hydrogen (secondary N) is 2. The molecule has 1 aliphatic heterocycles. The van der Waals surface area contributed by atoms with Gasteiger partial charge in [-0.15, -0.1) is 0 Å². The first kappa shape index (κ1) is 19.2. The van der Waals surface area contributed by atoms with E-state index >= 15 is 0 Å². The number of amides is 2. The van der Waals surface area contributed by atoms with Gasteiger partial charge in [-0.05, 0) is 50.1 Å². The number of rotatable bonds is 4. The Balaban J connectivity index is 1.50. The van der Waals surface area contributed by atoms with Crippen LogP contribution in [0.1, 0.15) is 27.9 Å². The number of carbonyl (C=O) groups excluding carboxylic acids is 3. The largest absolute Gasteiger partial charge is 0.360 e. The summed E-state index contributed by atoms with van der Waals surface area (Å²) in [6.45, 7) is 4.26. The van der Waals surface area contributed by atoms with Gasteiger partial charge in [-0.3, -0.25) is 14.4 Å². The summed E-state index contributed by atoms with van der Waals surface area (Å²) in [5.74, 6) is -1.73. The molecule has 3 aromatic rings. The van der Waals surface area contributed by atoms with Crippen LogP contribution in [0.4, 0.5) is 5.69 Å². The van der Waals surface area contributed by atoms with Crippen molar-refractivity contribution in [1.82, 2.24) is 10.3 Å². The van der Waals surface area contributed by atoms with Crippen LogP contribution in [-0.4, -0.2) is 35.2 Å². The van der Waals surface area contributed by atoms with E-state index < -0.39 is 17.7 Å². The zero-order valence-corrected chi connectivity index (χ0v) is 16.8. The maximum absolute atomic E-state index is 12.8. The van der Waals surface area contributed by atoms with Crippen LogP contribution in [0.3, 0.4) is 0 Å². The fourth-order valence-corrected chi connectivity index (χ4v) is 3.99. The lowest BCUT2D eigenvalue weighted by Crippen LogP contribution is -2.44. The predicted molar refractivity (Wildman–Crippen MR) is 112 cm³/mol. The SMILES string of the molecule is Cc1ccc(N2CCC(NC(=O)C(=O)c3c[nH]c4ccc(C)cc34)C2=O)c(Cl)c1. The molecule has 0 bridgehead atoms. The molecule has 0 spiro atoms. The van der Waals surface area contributed by atoms with Crippen molar-refractivity contribution in [3.8, 4) is 0 Å². The summed E-state index contributed by atoms with van der Waals surface area (Å²) < 4.78 is 0. The molecule has 0 radical (unpaired) electrons. The number of Topliss-reactive ketones (excluding diaryl/α,β-unsaturated/α-hetero) is 1. The first-order chi connectivity index (χ1) is 13.8. The number of aromatic nitrogens is 1. The molecule has 2 heterocycles. The third-order valence-corrected chi connectivity index (χ3v) is 5.50. The first-order valence-corrected chi connectivity index (χ1v) is 9.73. The second-order valence-electron chi connectivity index (χ2n) is 7.34. The summed E-state index contributed by atoms with van der Waals surface area (Å²) in [6.07, 6.45) is 1.94. The van der Waals surface area contributed by atoms with Gasteiger partial charge in [-0.1, -0.05) is 29.3 Å². The standard InChI is InChI=1S/C22H20ClN3O3/c1-12-3-5-17-14(9-12)15(11-24-17)20(27)21(28)25-18-7-8-26(22(18)29)19-6-4-13(2)10-16(19)23/h3-6,9-11,18,24H,7-8H2,1-2H3,(H,25,28). The van der Waals surface area contributed by atoms with Crippen molar-refractivity contribution in [1.29, 1.82) is 0 Å². The van der Waals surface area contributed by atoms with Crippen LogP contribution in [-0.2, 0) is 9.59 Å². The number of anilines is 1. The number of hydrogen-bond donors (Lipinski definition) is 2. The average Bonchev–Trinajstić information content (AvgIpc) is 3.25. The van der Waals surface area contributed by atoms with E-state index in [0.717, 1.165) is 16.6 Å². The molecule has 1 aliphatic rings. The van der Waals surface area contributed by atoms with E-state index in [1.165, 1.54) is 6.20 Å². The lowest BCUT2D eigenvalue weighted by Gasteiger charge is -2.18. The zero-order valence-electron chi connectivity index (χ0n) is 16.1. The molecular weight excluding hydrogens is 390 g/mol.